The SMILES string of the molecule is Nc1cccc2c1CCC(=O)C21CC2C=CC1C2. The van der Waals surface area contributed by atoms with Crippen LogP contribution in [0.25, 0.3) is 0 Å². The van der Waals surface area contributed by atoms with Crippen molar-refractivity contribution in [1.82, 2.24) is 0 Å². The van der Waals surface area contributed by atoms with Crippen LogP contribution in [-0.2, 0) is 16.6 Å². The third-order valence-corrected chi connectivity index (χ3v) is 5.18. The summed E-state index contributed by atoms with van der Waals surface area (Å²) in [5.41, 5.74) is 9.21. The second-order valence-electron chi connectivity index (χ2n) is 5.96. The van der Waals surface area contributed by atoms with Crippen molar-refractivity contribution in [2.24, 2.45) is 11.8 Å². The molecule has 3 unspecified atom stereocenters. The van der Waals surface area contributed by atoms with Gasteiger partial charge in [-0.15, -0.1) is 0 Å². The van der Waals surface area contributed by atoms with Crippen LogP contribution in [-0.4, -0.2) is 5.78 Å². The minimum atomic E-state index is -0.234. The Morgan fingerprint density at radius 2 is 2.11 bits per heavy atom. The topological polar surface area (TPSA) is 43.1 Å². The van der Waals surface area contributed by atoms with Gasteiger partial charge in [-0.25, -0.2) is 0 Å². The summed E-state index contributed by atoms with van der Waals surface area (Å²) < 4.78 is 0. The van der Waals surface area contributed by atoms with Crippen molar-refractivity contribution in [1.29, 1.82) is 0 Å². The summed E-state index contributed by atoms with van der Waals surface area (Å²) >= 11 is 0. The maximum Gasteiger partial charge on any atom is 0.144 e. The highest BCUT2D eigenvalue weighted by Crippen LogP contribution is 2.57. The molecule has 0 aliphatic heterocycles. The van der Waals surface area contributed by atoms with E-state index in [9.17, 15) is 4.79 Å². The van der Waals surface area contributed by atoms with E-state index in [1.165, 1.54) is 11.1 Å². The molecular weight excluding hydrogens is 222 g/mol. The summed E-state index contributed by atoms with van der Waals surface area (Å²) in [7, 11) is 0. The van der Waals surface area contributed by atoms with Gasteiger partial charge in [0, 0.05) is 12.1 Å². The molecule has 2 N–H and O–H groups in total. The van der Waals surface area contributed by atoms with Gasteiger partial charge >= 0.3 is 0 Å². The number of benzene rings is 1. The Morgan fingerprint density at radius 3 is 2.83 bits per heavy atom. The van der Waals surface area contributed by atoms with E-state index in [1.54, 1.807) is 0 Å². The largest absolute Gasteiger partial charge is 0.398 e. The van der Waals surface area contributed by atoms with Gasteiger partial charge in [0.05, 0.1) is 5.41 Å². The molecule has 3 aliphatic carbocycles. The van der Waals surface area contributed by atoms with E-state index in [4.69, 9.17) is 5.73 Å². The molecule has 0 aromatic heterocycles. The molecule has 4 rings (SSSR count). The average molecular weight is 239 g/mol. The number of rotatable bonds is 0. The number of fused-ring (bicyclic) bond motifs is 5. The molecule has 2 bridgehead atoms. The Kier molecular flexibility index (Phi) is 1.87. The van der Waals surface area contributed by atoms with E-state index in [0.717, 1.165) is 24.9 Å². The van der Waals surface area contributed by atoms with Gasteiger partial charge < -0.3 is 5.73 Å². The maximum atomic E-state index is 12.6. The fraction of sp³-hybridized carbons (Fsp3) is 0.438. The average Bonchev–Trinajstić information content (AvgIpc) is 2.96. The molecule has 1 aromatic rings. The fourth-order valence-electron chi connectivity index (χ4n) is 4.40. The summed E-state index contributed by atoms with van der Waals surface area (Å²) in [5.74, 6) is 1.46. The minimum Gasteiger partial charge on any atom is -0.398 e. The maximum absolute atomic E-state index is 12.6. The van der Waals surface area contributed by atoms with Crippen molar-refractivity contribution >= 4 is 11.5 Å². The van der Waals surface area contributed by atoms with Gasteiger partial charge in [-0.05, 0) is 48.3 Å². The van der Waals surface area contributed by atoms with Crippen LogP contribution >= 0.6 is 0 Å². The summed E-state index contributed by atoms with van der Waals surface area (Å²) in [6.45, 7) is 0. The van der Waals surface area contributed by atoms with Gasteiger partial charge in [0.1, 0.15) is 5.78 Å². The Hall–Kier alpha value is -1.57. The lowest BCUT2D eigenvalue weighted by Crippen LogP contribution is -2.43. The van der Waals surface area contributed by atoms with Crippen LogP contribution in [0.2, 0.25) is 0 Å². The summed E-state index contributed by atoms with van der Waals surface area (Å²) in [5, 5.41) is 0. The molecular formula is C16H17NO. The molecule has 2 nitrogen and oxygen atoms in total. The zero-order chi connectivity index (χ0) is 12.3. The van der Waals surface area contributed by atoms with E-state index in [0.29, 0.717) is 24.0 Å². The van der Waals surface area contributed by atoms with Crippen LogP contribution in [0, 0.1) is 11.8 Å². The number of nitrogens with two attached hydrogens (primary N) is 1. The summed E-state index contributed by atoms with van der Waals surface area (Å²) in [4.78, 5) is 12.6. The number of carbonyl (C=O) groups excluding carboxylic acids is 1. The van der Waals surface area contributed by atoms with Crippen LogP contribution in [0.15, 0.2) is 30.4 Å². The molecule has 0 heterocycles. The zero-order valence-corrected chi connectivity index (χ0v) is 10.4. The third kappa shape index (κ3) is 1.07. The molecule has 0 radical (unpaired) electrons. The molecule has 92 valence electrons. The van der Waals surface area contributed by atoms with Crippen molar-refractivity contribution in [3.8, 4) is 0 Å². The van der Waals surface area contributed by atoms with Crippen molar-refractivity contribution in [2.75, 3.05) is 5.73 Å². The lowest BCUT2D eigenvalue weighted by Gasteiger charge is -2.39. The minimum absolute atomic E-state index is 0.234. The number of hydrogen-bond donors (Lipinski definition) is 1. The first-order valence-electron chi connectivity index (χ1n) is 6.81. The van der Waals surface area contributed by atoms with Gasteiger partial charge in [0.2, 0.25) is 0 Å². The number of carbonyl (C=O) groups is 1. The number of Topliss-reactive ketones (excluding diaryl/α,β-unsaturated/α-hetero) is 1. The Labute approximate surface area is 107 Å². The van der Waals surface area contributed by atoms with Crippen molar-refractivity contribution in [2.45, 2.75) is 31.1 Å². The highest BCUT2D eigenvalue weighted by atomic mass is 16.1. The van der Waals surface area contributed by atoms with Crippen molar-refractivity contribution < 1.29 is 4.79 Å². The molecule has 18 heavy (non-hydrogen) atoms. The van der Waals surface area contributed by atoms with E-state index in [1.807, 2.05) is 12.1 Å². The monoisotopic (exact) mass is 239 g/mol. The Balaban J connectivity index is 1.97. The number of anilines is 1. The number of ketones is 1. The predicted molar refractivity (Wildman–Crippen MR) is 71.2 cm³/mol. The van der Waals surface area contributed by atoms with Crippen LogP contribution in [0.3, 0.4) is 0 Å². The molecule has 1 fully saturated rings. The van der Waals surface area contributed by atoms with E-state index in [2.05, 4.69) is 18.2 Å². The number of allylic oxidation sites excluding steroid dienone is 2. The van der Waals surface area contributed by atoms with Crippen LogP contribution < -0.4 is 5.73 Å². The second-order valence-corrected chi connectivity index (χ2v) is 5.96. The second kappa shape index (κ2) is 3.25. The van der Waals surface area contributed by atoms with Crippen molar-refractivity contribution in [3.05, 3.63) is 41.5 Å². The molecule has 2 heteroatoms. The molecule has 3 aliphatic rings. The smallest absolute Gasteiger partial charge is 0.144 e. The van der Waals surface area contributed by atoms with Crippen molar-refractivity contribution in [3.63, 3.8) is 0 Å². The Bertz CT molecular complexity index is 574. The lowest BCUT2D eigenvalue weighted by molar-refractivity contribution is -0.126. The quantitative estimate of drug-likeness (QED) is 0.558. The van der Waals surface area contributed by atoms with E-state index in [-0.39, 0.29) is 5.41 Å². The summed E-state index contributed by atoms with van der Waals surface area (Å²) in [6.07, 6.45) is 8.21. The van der Waals surface area contributed by atoms with Gasteiger partial charge in [-0.1, -0.05) is 24.3 Å². The van der Waals surface area contributed by atoms with Gasteiger partial charge in [-0.3, -0.25) is 4.79 Å². The predicted octanol–water partition coefficient (Wildman–Crippen LogP) is 2.62. The standard InChI is InChI=1S/C16H17NO/c17-14-3-1-2-13-12(14)6-7-15(18)16(13)9-10-4-5-11(16)8-10/h1-5,10-11H,6-9,17H2. The first-order valence-corrected chi connectivity index (χ1v) is 6.81. The van der Waals surface area contributed by atoms with Crippen LogP contribution in [0.4, 0.5) is 5.69 Å². The zero-order valence-electron chi connectivity index (χ0n) is 10.4. The first kappa shape index (κ1) is 10.4. The summed E-state index contributed by atoms with van der Waals surface area (Å²) in [6, 6.07) is 6.10. The van der Waals surface area contributed by atoms with Gasteiger partial charge in [0.15, 0.2) is 0 Å². The van der Waals surface area contributed by atoms with Gasteiger partial charge in [0.25, 0.3) is 0 Å². The molecule has 0 saturated heterocycles. The third-order valence-electron chi connectivity index (χ3n) is 5.18. The molecule has 3 atom stereocenters. The fourth-order valence-corrected chi connectivity index (χ4v) is 4.40. The van der Waals surface area contributed by atoms with Crippen LogP contribution in [0.5, 0.6) is 0 Å². The molecule has 1 aromatic carbocycles. The highest BCUT2D eigenvalue weighted by molar-refractivity contribution is 5.94. The lowest BCUT2D eigenvalue weighted by atomic mass is 9.62. The Morgan fingerprint density at radius 1 is 1.22 bits per heavy atom. The van der Waals surface area contributed by atoms with E-state index >= 15 is 0 Å². The number of hydrogen-bond acceptors (Lipinski definition) is 2. The molecule has 1 saturated carbocycles. The first-order chi connectivity index (χ1) is 8.72. The van der Waals surface area contributed by atoms with E-state index < -0.39 is 0 Å². The van der Waals surface area contributed by atoms with Gasteiger partial charge in [-0.2, -0.15) is 0 Å². The number of nitrogen functional groups attached to an aromatic ring is 1. The normalized spacial score (nSPS) is 36.3. The highest BCUT2D eigenvalue weighted by Gasteiger charge is 2.55. The van der Waals surface area contributed by atoms with Crippen LogP contribution in [0.1, 0.15) is 30.4 Å². The molecule has 0 amide bonds. The molecule has 1 spiro atoms.